The predicted octanol–water partition coefficient (Wildman–Crippen LogP) is 3.23. The number of rotatable bonds is 6. The molecule has 0 fully saturated rings. The van der Waals surface area contributed by atoms with Gasteiger partial charge in [-0.1, -0.05) is 30.3 Å². The minimum absolute atomic E-state index is 0.0288. The van der Waals surface area contributed by atoms with E-state index in [0.29, 0.717) is 0 Å². The fourth-order valence-electron chi connectivity index (χ4n) is 1.98. The molecule has 1 aliphatic rings. The molecule has 0 saturated carbocycles. The first kappa shape index (κ1) is 13.2. The average molecular weight is 261 g/mol. The van der Waals surface area contributed by atoms with Crippen molar-refractivity contribution in [3.63, 3.8) is 0 Å². The van der Waals surface area contributed by atoms with Crippen LogP contribution in [0.1, 0.15) is 37.9 Å². The van der Waals surface area contributed by atoms with Crippen molar-refractivity contribution >= 4 is 10.5 Å². The van der Waals surface area contributed by atoms with Gasteiger partial charge in [0, 0.05) is 12.8 Å². The van der Waals surface area contributed by atoms with Crippen molar-refractivity contribution in [3.8, 4) is 0 Å². The Labute approximate surface area is 111 Å². The van der Waals surface area contributed by atoms with Crippen LogP contribution in [0.4, 0.5) is 0 Å². The van der Waals surface area contributed by atoms with Crippen molar-refractivity contribution in [2.45, 2.75) is 32.3 Å². The molecule has 3 radical (unpaired) electrons. The summed E-state index contributed by atoms with van der Waals surface area (Å²) < 4.78 is 16.3. The van der Waals surface area contributed by atoms with Crippen LogP contribution in [-0.2, 0) is 13.9 Å². The van der Waals surface area contributed by atoms with Gasteiger partial charge in [0.1, 0.15) is 11.5 Å². The first-order valence-corrected chi connectivity index (χ1v) is 6.57. The van der Waals surface area contributed by atoms with E-state index in [1.165, 1.54) is 0 Å². The van der Waals surface area contributed by atoms with E-state index in [2.05, 4.69) is 10.5 Å². The molecule has 18 heavy (non-hydrogen) atoms. The van der Waals surface area contributed by atoms with Crippen LogP contribution in [0.3, 0.4) is 0 Å². The average Bonchev–Trinajstić information content (AvgIpc) is 2.87. The second kappa shape index (κ2) is 6.61. The normalized spacial score (nSPS) is 16.8. The number of benzene rings is 1. The monoisotopic (exact) mass is 261 g/mol. The molecule has 4 heteroatoms. The molecular weight excluding hydrogens is 244 g/mol. The van der Waals surface area contributed by atoms with Crippen LogP contribution in [0.25, 0.3) is 0 Å². The quantitative estimate of drug-likeness (QED) is 0.581. The molecule has 1 unspecified atom stereocenters. The molecule has 0 heterocycles. The highest BCUT2D eigenvalue weighted by Crippen LogP contribution is 2.27. The van der Waals surface area contributed by atoms with Gasteiger partial charge in [0.15, 0.2) is 6.79 Å². The van der Waals surface area contributed by atoms with Gasteiger partial charge >= 0.3 is 10.5 Å². The summed E-state index contributed by atoms with van der Waals surface area (Å²) in [5, 5.41) is 0. The zero-order valence-electron chi connectivity index (χ0n) is 10.5. The Morgan fingerprint density at radius 2 is 1.89 bits per heavy atom. The number of hydrogen-bond donors (Lipinski definition) is 0. The molecule has 0 spiro atoms. The zero-order chi connectivity index (χ0) is 12.8. The molecular formula is C14H17O3Si. The lowest BCUT2D eigenvalue weighted by atomic mass is 10.1. The smallest absolute Gasteiger partial charge is 0.340 e. The van der Waals surface area contributed by atoms with E-state index in [1.807, 2.05) is 37.3 Å². The maximum absolute atomic E-state index is 5.65. The molecule has 95 valence electrons. The van der Waals surface area contributed by atoms with Gasteiger partial charge in [0.05, 0.1) is 6.10 Å². The Bertz CT molecular complexity index is 403. The predicted molar refractivity (Wildman–Crippen MR) is 69.6 cm³/mol. The summed E-state index contributed by atoms with van der Waals surface area (Å²) in [6, 6.07) is 10.1. The first-order chi connectivity index (χ1) is 8.81. The summed E-state index contributed by atoms with van der Waals surface area (Å²) in [6.45, 7) is 2.27. The largest absolute Gasteiger partial charge is 0.541 e. The first-order valence-electron chi connectivity index (χ1n) is 6.16. The highest BCUT2D eigenvalue weighted by molar-refractivity contribution is 5.98. The van der Waals surface area contributed by atoms with Crippen molar-refractivity contribution in [3.05, 3.63) is 47.4 Å². The van der Waals surface area contributed by atoms with E-state index in [0.717, 1.165) is 36.3 Å². The topological polar surface area (TPSA) is 27.7 Å². The van der Waals surface area contributed by atoms with Gasteiger partial charge in [0.2, 0.25) is 0 Å². The highest BCUT2D eigenvalue weighted by Gasteiger charge is 2.16. The fraction of sp³-hybridized carbons (Fsp3) is 0.429. The van der Waals surface area contributed by atoms with Crippen molar-refractivity contribution in [1.82, 2.24) is 0 Å². The third kappa shape index (κ3) is 3.37. The van der Waals surface area contributed by atoms with Gasteiger partial charge in [-0.15, -0.1) is 0 Å². The summed E-state index contributed by atoms with van der Waals surface area (Å²) in [5.41, 5.74) is 1.15. The Morgan fingerprint density at radius 1 is 1.17 bits per heavy atom. The van der Waals surface area contributed by atoms with Gasteiger partial charge in [-0.2, -0.15) is 0 Å². The molecule has 0 bridgehead atoms. The van der Waals surface area contributed by atoms with Crippen molar-refractivity contribution in [2.75, 3.05) is 6.79 Å². The maximum Gasteiger partial charge on any atom is 0.340 e. The van der Waals surface area contributed by atoms with Crippen LogP contribution in [-0.4, -0.2) is 17.3 Å². The molecule has 1 aromatic rings. The molecule has 2 rings (SSSR count). The van der Waals surface area contributed by atoms with E-state index in [9.17, 15) is 0 Å². The van der Waals surface area contributed by atoms with Crippen LogP contribution in [0.5, 0.6) is 0 Å². The summed E-state index contributed by atoms with van der Waals surface area (Å²) in [5.74, 6) is 1.77. The molecule has 1 atom stereocenters. The third-order valence-electron chi connectivity index (χ3n) is 3.06. The molecule has 0 aromatic heterocycles. The standard InChI is InChI=1S/C14H17O3Si/c1-11(12-6-3-2-4-7-12)15-10-16-13-8-5-9-14(13)17-18/h2-4,6-7,11H,5,8-10H2,1H3. The maximum atomic E-state index is 5.65. The summed E-state index contributed by atoms with van der Waals surface area (Å²) >= 11 is 0. The van der Waals surface area contributed by atoms with Crippen molar-refractivity contribution in [1.29, 1.82) is 0 Å². The van der Waals surface area contributed by atoms with Crippen molar-refractivity contribution in [2.24, 2.45) is 0 Å². The second-order valence-electron chi connectivity index (χ2n) is 4.28. The Hall–Kier alpha value is -1.26. The molecule has 0 amide bonds. The van der Waals surface area contributed by atoms with Gasteiger partial charge < -0.3 is 13.9 Å². The van der Waals surface area contributed by atoms with E-state index < -0.39 is 0 Å². The Kier molecular flexibility index (Phi) is 4.84. The number of ether oxygens (including phenoxy) is 2. The summed E-state index contributed by atoms with van der Waals surface area (Å²) in [4.78, 5) is 0. The van der Waals surface area contributed by atoms with Crippen LogP contribution in [0.15, 0.2) is 41.9 Å². The molecule has 0 saturated heterocycles. The SMILES string of the molecule is CC(OCOC1=C(O[Si])CCC1)c1ccccc1. The van der Waals surface area contributed by atoms with Crippen molar-refractivity contribution < 1.29 is 13.9 Å². The zero-order valence-corrected chi connectivity index (χ0v) is 11.5. The van der Waals surface area contributed by atoms with Gasteiger partial charge in [-0.25, -0.2) is 0 Å². The van der Waals surface area contributed by atoms with Crippen LogP contribution in [0, 0.1) is 0 Å². The summed E-state index contributed by atoms with van der Waals surface area (Å²) in [7, 11) is 3.04. The molecule has 0 N–H and O–H groups in total. The molecule has 1 aromatic carbocycles. The molecule has 0 aliphatic heterocycles. The van der Waals surface area contributed by atoms with Crippen LogP contribution < -0.4 is 0 Å². The Morgan fingerprint density at radius 3 is 2.61 bits per heavy atom. The molecule has 1 aliphatic carbocycles. The van der Waals surface area contributed by atoms with E-state index in [-0.39, 0.29) is 12.9 Å². The minimum atomic E-state index is 0.0288. The minimum Gasteiger partial charge on any atom is -0.541 e. The highest BCUT2D eigenvalue weighted by atomic mass is 28.2. The van der Waals surface area contributed by atoms with Crippen LogP contribution >= 0.6 is 0 Å². The molecule has 3 nitrogen and oxygen atoms in total. The number of hydrogen-bond acceptors (Lipinski definition) is 3. The van der Waals surface area contributed by atoms with Gasteiger partial charge in [0.25, 0.3) is 0 Å². The second-order valence-corrected chi connectivity index (χ2v) is 4.49. The van der Waals surface area contributed by atoms with E-state index in [1.54, 1.807) is 0 Å². The van der Waals surface area contributed by atoms with E-state index in [4.69, 9.17) is 13.9 Å². The van der Waals surface area contributed by atoms with Gasteiger partial charge in [-0.05, 0) is 18.9 Å². The lowest BCUT2D eigenvalue weighted by Crippen LogP contribution is -2.05. The lowest BCUT2D eigenvalue weighted by molar-refractivity contribution is -0.0634. The third-order valence-corrected chi connectivity index (χ3v) is 3.31. The van der Waals surface area contributed by atoms with Gasteiger partial charge in [-0.3, -0.25) is 0 Å². The number of allylic oxidation sites excluding steroid dienone is 2. The lowest BCUT2D eigenvalue weighted by Gasteiger charge is -2.15. The Balaban J connectivity index is 1.79. The van der Waals surface area contributed by atoms with Crippen LogP contribution in [0.2, 0.25) is 0 Å². The summed E-state index contributed by atoms with van der Waals surface area (Å²) in [6.07, 6.45) is 2.94. The fourth-order valence-corrected chi connectivity index (χ4v) is 2.19. The van der Waals surface area contributed by atoms with E-state index >= 15 is 0 Å².